The maximum absolute atomic E-state index is 10.3. The van der Waals surface area contributed by atoms with Crippen LogP contribution in [0, 0.1) is 0 Å². The zero-order valence-electron chi connectivity index (χ0n) is 6.05. The van der Waals surface area contributed by atoms with Crippen LogP contribution in [0.25, 0.3) is 0 Å². The molecule has 0 radical (unpaired) electrons. The van der Waals surface area contributed by atoms with Gasteiger partial charge in [-0.15, -0.1) is 0 Å². The Morgan fingerprint density at radius 2 is 2.30 bits per heavy atom. The zero-order valence-corrected chi connectivity index (χ0v) is 6.05. The fraction of sp³-hybridized carbons (Fsp3) is 0.667. The largest absolute Gasteiger partial charge is 0.365 e. The third-order valence-corrected chi connectivity index (χ3v) is 1.13. The van der Waals surface area contributed by atoms with Crippen LogP contribution in [0.3, 0.4) is 0 Å². The van der Waals surface area contributed by atoms with Gasteiger partial charge in [0.1, 0.15) is 0 Å². The van der Waals surface area contributed by atoms with E-state index in [1.54, 1.807) is 6.92 Å². The molecule has 4 heteroatoms. The molecule has 4 nitrogen and oxygen atoms in total. The number of rotatable bonds is 3. The number of carbonyl (C=O) groups excluding carboxylic acids is 2. The first-order valence-corrected chi connectivity index (χ1v) is 3.01. The summed E-state index contributed by atoms with van der Waals surface area (Å²) in [7, 11) is 0. The van der Waals surface area contributed by atoms with Crippen LogP contribution in [-0.2, 0) is 9.59 Å². The first kappa shape index (κ1) is 9.10. The molecule has 0 aliphatic carbocycles. The van der Waals surface area contributed by atoms with Gasteiger partial charge in [-0.05, 0) is 6.42 Å². The molecule has 58 valence electrons. The predicted molar refractivity (Wildman–Crippen MR) is 35.1 cm³/mol. The van der Waals surface area contributed by atoms with E-state index in [4.69, 9.17) is 5.11 Å². The second-order valence-electron chi connectivity index (χ2n) is 2.08. The monoisotopic (exact) mass is 145 g/mol. The van der Waals surface area contributed by atoms with Gasteiger partial charge in [-0.25, -0.2) is 0 Å². The highest BCUT2D eigenvalue weighted by Crippen LogP contribution is 1.99. The summed E-state index contributed by atoms with van der Waals surface area (Å²) in [5, 5.41) is 11.2. The Labute approximate surface area is 59.2 Å². The van der Waals surface area contributed by atoms with E-state index in [-0.39, 0.29) is 6.42 Å². The summed E-state index contributed by atoms with van der Waals surface area (Å²) < 4.78 is 0. The Morgan fingerprint density at radius 3 is 2.40 bits per heavy atom. The van der Waals surface area contributed by atoms with Crippen LogP contribution in [0.2, 0.25) is 0 Å². The molecule has 10 heavy (non-hydrogen) atoms. The van der Waals surface area contributed by atoms with E-state index in [9.17, 15) is 9.59 Å². The van der Waals surface area contributed by atoms with Crippen LogP contribution in [0.5, 0.6) is 0 Å². The van der Waals surface area contributed by atoms with Gasteiger partial charge in [0.2, 0.25) is 5.91 Å². The van der Waals surface area contributed by atoms with Crippen molar-refractivity contribution in [1.29, 1.82) is 0 Å². The van der Waals surface area contributed by atoms with E-state index < -0.39 is 11.6 Å². The molecule has 0 aromatic heterocycles. The molecule has 0 rings (SSSR count). The molecule has 0 aromatic rings. The quantitative estimate of drug-likeness (QED) is 0.412. The van der Waals surface area contributed by atoms with Crippen molar-refractivity contribution in [3.8, 4) is 0 Å². The molecule has 1 atom stereocenters. The Bertz CT molecular complexity index is 146. The molecule has 0 saturated carbocycles. The van der Waals surface area contributed by atoms with Gasteiger partial charge >= 0.3 is 0 Å². The van der Waals surface area contributed by atoms with Crippen molar-refractivity contribution in [1.82, 2.24) is 5.32 Å². The lowest BCUT2D eigenvalue weighted by Gasteiger charge is -2.19. The van der Waals surface area contributed by atoms with Crippen LogP contribution in [-0.4, -0.2) is 23.0 Å². The van der Waals surface area contributed by atoms with Crippen LogP contribution in [0.4, 0.5) is 0 Å². The van der Waals surface area contributed by atoms with Crippen molar-refractivity contribution in [2.24, 2.45) is 0 Å². The van der Waals surface area contributed by atoms with Gasteiger partial charge in [-0.3, -0.25) is 9.59 Å². The van der Waals surface area contributed by atoms with Crippen molar-refractivity contribution < 1.29 is 14.7 Å². The highest BCUT2D eigenvalue weighted by atomic mass is 16.3. The minimum atomic E-state index is -1.67. The topological polar surface area (TPSA) is 66.4 Å². The summed E-state index contributed by atoms with van der Waals surface area (Å²) in [5.74, 6) is -0.420. The maximum atomic E-state index is 10.3. The number of carbonyl (C=O) groups is 2. The molecular weight excluding hydrogens is 134 g/mol. The van der Waals surface area contributed by atoms with Gasteiger partial charge < -0.3 is 10.4 Å². The van der Waals surface area contributed by atoms with Gasteiger partial charge in [0.15, 0.2) is 12.0 Å². The summed E-state index contributed by atoms with van der Waals surface area (Å²) in [6.07, 6.45) is 0.491. The third kappa shape index (κ3) is 2.59. The van der Waals surface area contributed by atoms with Gasteiger partial charge in [0, 0.05) is 6.92 Å². The standard InChI is InChI=1S/C6H11NO3/c1-3-6(10,4-8)7-5(2)9/h4,10H,3H2,1-2H3,(H,7,9). The number of nitrogens with one attached hydrogen (secondary N) is 1. The van der Waals surface area contributed by atoms with Gasteiger partial charge in [-0.1, -0.05) is 6.92 Å². The zero-order chi connectivity index (χ0) is 8.20. The van der Waals surface area contributed by atoms with Crippen molar-refractivity contribution in [2.45, 2.75) is 26.0 Å². The average molecular weight is 145 g/mol. The lowest BCUT2D eigenvalue weighted by atomic mass is 10.2. The summed E-state index contributed by atoms with van der Waals surface area (Å²) in [4.78, 5) is 20.5. The minimum Gasteiger partial charge on any atom is -0.365 e. The number of aliphatic hydroxyl groups is 1. The maximum Gasteiger partial charge on any atom is 0.219 e. The van der Waals surface area contributed by atoms with Crippen LogP contribution >= 0.6 is 0 Å². The Balaban J connectivity index is 4.05. The molecule has 0 fully saturated rings. The fourth-order valence-electron chi connectivity index (χ4n) is 0.506. The molecule has 1 amide bonds. The average Bonchev–Trinajstić information content (AvgIpc) is 1.87. The molecule has 0 aliphatic rings. The molecule has 1 unspecified atom stereocenters. The highest BCUT2D eigenvalue weighted by molar-refractivity contribution is 5.78. The van der Waals surface area contributed by atoms with E-state index in [0.717, 1.165) is 0 Å². The molecule has 0 aromatic carbocycles. The van der Waals surface area contributed by atoms with Crippen LogP contribution in [0.1, 0.15) is 20.3 Å². The number of amides is 1. The summed E-state index contributed by atoms with van der Waals surface area (Å²) >= 11 is 0. The summed E-state index contributed by atoms with van der Waals surface area (Å²) in [5.41, 5.74) is -1.67. The Kier molecular flexibility index (Phi) is 3.02. The second kappa shape index (κ2) is 3.31. The molecule has 0 aliphatic heterocycles. The Morgan fingerprint density at radius 1 is 1.80 bits per heavy atom. The third-order valence-electron chi connectivity index (χ3n) is 1.13. The summed E-state index contributed by atoms with van der Waals surface area (Å²) in [6, 6.07) is 0. The number of hydrogen-bond acceptors (Lipinski definition) is 3. The first-order chi connectivity index (χ1) is 4.54. The van der Waals surface area contributed by atoms with Crippen molar-refractivity contribution >= 4 is 12.2 Å². The van der Waals surface area contributed by atoms with Crippen molar-refractivity contribution in [3.05, 3.63) is 0 Å². The molecule has 0 saturated heterocycles. The number of hydrogen-bond donors (Lipinski definition) is 2. The first-order valence-electron chi connectivity index (χ1n) is 3.01. The lowest BCUT2D eigenvalue weighted by Crippen LogP contribution is -2.48. The van der Waals surface area contributed by atoms with Gasteiger partial charge in [0.05, 0.1) is 0 Å². The summed E-state index contributed by atoms with van der Waals surface area (Å²) in [6.45, 7) is 2.84. The Hall–Kier alpha value is -0.900. The predicted octanol–water partition coefficient (Wildman–Crippen LogP) is -0.580. The molecule has 0 heterocycles. The van der Waals surface area contributed by atoms with E-state index in [2.05, 4.69) is 5.32 Å². The van der Waals surface area contributed by atoms with E-state index in [1.165, 1.54) is 6.92 Å². The lowest BCUT2D eigenvalue weighted by molar-refractivity contribution is -0.137. The van der Waals surface area contributed by atoms with Gasteiger partial charge in [-0.2, -0.15) is 0 Å². The molecular formula is C6H11NO3. The van der Waals surface area contributed by atoms with E-state index in [0.29, 0.717) is 6.29 Å². The van der Waals surface area contributed by atoms with Crippen LogP contribution in [0.15, 0.2) is 0 Å². The van der Waals surface area contributed by atoms with E-state index in [1.807, 2.05) is 0 Å². The molecule has 0 spiro atoms. The second-order valence-corrected chi connectivity index (χ2v) is 2.08. The SMILES string of the molecule is CCC(O)(C=O)NC(C)=O. The number of aldehydes is 1. The normalized spacial score (nSPS) is 15.5. The van der Waals surface area contributed by atoms with Gasteiger partial charge in [0.25, 0.3) is 0 Å². The van der Waals surface area contributed by atoms with Crippen LogP contribution < -0.4 is 5.32 Å². The molecule has 0 bridgehead atoms. The van der Waals surface area contributed by atoms with E-state index >= 15 is 0 Å². The molecule has 2 N–H and O–H groups in total. The van der Waals surface area contributed by atoms with Crippen molar-refractivity contribution in [2.75, 3.05) is 0 Å². The highest BCUT2D eigenvalue weighted by Gasteiger charge is 2.23. The van der Waals surface area contributed by atoms with Crippen molar-refractivity contribution in [3.63, 3.8) is 0 Å². The fourth-order valence-corrected chi connectivity index (χ4v) is 0.506. The minimum absolute atomic E-state index is 0.177. The smallest absolute Gasteiger partial charge is 0.219 e.